The van der Waals surface area contributed by atoms with Crippen LogP contribution in [-0.2, 0) is 20.9 Å². The number of nitro groups is 1. The molecule has 31 heavy (non-hydrogen) atoms. The van der Waals surface area contributed by atoms with E-state index in [4.69, 9.17) is 4.74 Å². The fourth-order valence-electron chi connectivity index (χ4n) is 3.60. The van der Waals surface area contributed by atoms with Crippen molar-refractivity contribution in [3.05, 3.63) is 50.5 Å². The fourth-order valence-corrected chi connectivity index (χ4v) is 4.66. The molecule has 1 aromatic carbocycles. The Kier molecular flexibility index (Phi) is 6.81. The zero-order valence-electron chi connectivity index (χ0n) is 16.5. The maximum Gasteiger partial charge on any atom is 0.407 e. The molecule has 1 fully saturated rings. The van der Waals surface area contributed by atoms with Crippen molar-refractivity contribution >= 4 is 35.4 Å². The number of aliphatic hydroxyl groups is 1. The highest BCUT2D eigenvalue weighted by Crippen LogP contribution is 2.46. The van der Waals surface area contributed by atoms with E-state index in [-0.39, 0.29) is 36.5 Å². The minimum atomic E-state index is -1.20. The number of carbonyl (C=O) groups is 3. The van der Waals surface area contributed by atoms with Crippen molar-refractivity contribution in [3.63, 3.8) is 0 Å². The van der Waals surface area contributed by atoms with Gasteiger partial charge in [-0.15, -0.1) is 11.8 Å². The van der Waals surface area contributed by atoms with Crippen LogP contribution < -0.4 is 5.32 Å². The number of amides is 2. The third kappa shape index (κ3) is 4.80. The summed E-state index contributed by atoms with van der Waals surface area (Å²) < 4.78 is 5.04. The van der Waals surface area contributed by atoms with Crippen molar-refractivity contribution in [2.45, 2.75) is 32.1 Å². The van der Waals surface area contributed by atoms with Gasteiger partial charge in [0.25, 0.3) is 5.69 Å². The lowest BCUT2D eigenvalue weighted by molar-refractivity contribution is -0.384. The number of carboxylic acids is 1. The van der Waals surface area contributed by atoms with Crippen molar-refractivity contribution in [2.24, 2.45) is 5.92 Å². The minimum absolute atomic E-state index is 0.0508. The first kappa shape index (κ1) is 22.6. The molecule has 3 N–H and O–H groups in total. The summed E-state index contributed by atoms with van der Waals surface area (Å²) in [7, 11) is 0. The lowest BCUT2D eigenvalue weighted by Gasteiger charge is -2.44. The summed E-state index contributed by atoms with van der Waals surface area (Å²) in [5, 5.41) is 32.4. The number of carbonyl (C=O) groups excluding carboxylic acids is 2. The van der Waals surface area contributed by atoms with Crippen LogP contribution in [0.5, 0.6) is 0 Å². The van der Waals surface area contributed by atoms with E-state index in [0.717, 1.165) is 0 Å². The quantitative estimate of drug-likeness (QED) is 0.219. The second-order valence-corrected chi connectivity index (χ2v) is 8.29. The first-order valence-corrected chi connectivity index (χ1v) is 10.4. The van der Waals surface area contributed by atoms with E-state index in [0.29, 0.717) is 22.6 Å². The number of carboxylic acid groups (broad SMARTS) is 1. The number of nitro benzene ring substituents is 1. The van der Waals surface area contributed by atoms with Gasteiger partial charge in [0.2, 0.25) is 5.91 Å². The Hall–Kier alpha value is -3.12. The van der Waals surface area contributed by atoms with Gasteiger partial charge in [-0.3, -0.25) is 14.9 Å². The molecule has 3 rings (SSSR count). The van der Waals surface area contributed by atoms with Gasteiger partial charge in [-0.1, -0.05) is 0 Å². The van der Waals surface area contributed by atoms with Crippen LogP contribution in [0, 0.1) is 16.0 Å². The Morgan fingerprint density at radius 1 is 1.39 bits per heavy atom. The molecule has 2 unspecified atom stereocenters. The van der Waals surface area contributed by atoms with Crippen molar-refractivity contribution in [1.29, 1.82) is 0 Å². The highest BCUT2D eigenvalue weighted by Gasteiger charge is 2.56. The topological polar surface area (TPSA) is 159 Å². The molecule has 2 aliphatic rings. The predicted octanol–water partition coefficient (Wildman–Crippen LogP) is 1.46. The molecule has 3 atom stereocenters. The predicted molar refractivity (Wildman–Crippen MR) is 109 cm³/mol. The fraction of sp³-hybridized carbons (Fsp3) is 0.421. The molecule has 0 aromatic heterocycles. The lowest BCUT2D eigenvalue weighted by atomic mass is 9.83. The number of alkyl carbamates (subject to hydrolysis) is 1. The number of ether oxygens (including phenoxy) is 1. The molecule has 2 amide bonds. The molecule has 2 aliphatic heterocycles. The smallest absolute Gasteiger partial charge is 0.407 e. The van der Waals surface area contributed by atoms with Gasteiger partial charge in [0.15, 0.2) is 0 Å². The average molecular weight is 451 g/mol. The van der Waals surface area contributed by atoms with E-state index in [1.807, 2.05) is 0 Å². The number of fused-ring (bicyclic) bond motifs is 1. The largest absolute Gasteiger partial charge is 0.477 e. The molecule has 12 heteroatoms. The van der Waals surface area contributed by atoms with Crippen LogP contribution >= 0.6 is 11.8 Å². The summed E-state index contributed by atoms with van der Waals surface area (Å²) in [5.41, 5.74) is 0.482. The number of non-ortho nitro benzene ring substituents is 1. The monoisotopic (exact) mass is 451 g/mol. The number of β-lactam (4-membered cyclic amide) rings is 1. The summed E-state index contributed by atoms with van der Waals surface area (Å²) in [4.78, 5) is 47.4. The van der Waals surface area contributed by atoms with Crippen molar-refractivity contribution in [3.8, 4) is 0 Å². The Morgan fingerprint density at radius 2 is 2.06 bits per heavy atom. The van der Waals surface area contributed by atoms with Crippen LogP contribution in [0.4, 0.5) is 10.5 Å². The summed E-state index contributed by atoms with van der Waals surface area (Å²) >= 11 is 1.23. The van der Waals surface area contributed by atoms with E-state index in [9.17, 15) is 34.7 Å². The van der Waals surface area contributed by atoms with Gasteiger partial charge in [-0.2, -0.15) is 0 Å². The molecular weight excluding hydrogens is 430 g/mol. The van der Waals surface area contributed by atoms with Gasteiger partial charge in [-0.25, -0.2) is 9.59 Å². The van der Waals surface area contributed by atoms with E-state index in [2.05, 4.69) is 5.32 Å². The van der Waals surface area contributed by atoms with Crippen LogP contribution in [0.3, 0.4) is 0 Å². The Morgan fingerprint density at radius 3 is 2.65 bits per heavy atom. The van der Waals surface area contributed by atoms with Gasteiger partial charge in [-0.05, 0) is 24.6 Å². The van der Waals surface area contributed by atoms with E-state index in [1.165, 1.54) is 47.9 Å². The molecular formula is C19H21N3O8S. The Bertz CT molecular complexity index is 931. The van der Waals surface area contributed by atoms with E-state index >= 15 is 0 Å². The molecule has 0 aliphatic carbocycles. The number of thioether (sulfide) groups is 1. The minimum Gasteiger partial charge on any atom is -0.477 e. The summed E-state index contributed by atoms with van der Waals surface area (Å²) in [5.74, 6) is -1.81. The van der Waals surface area contributed by atoms with Crippen LogP contribution in [0.2, 0.25) is 0 Å². The zero-order chi connectivity index (χ0) is 22.7. The molecule has 166 valence electrons. The van der Waals surface area contributed by atoms with Gasteiger partial charge < -0.3 is 25.2 Å². The molecule has 2 heterocycles. The third-order valence-electron chi connectivity index (χ3n) is 5.06. The summed E-state index contributed by atoms with van der Waals surface area (Å²) in [6, 6.07) is 5.28. The van der Waals surface area contributed by atoms with Gasteiger partial charge in [0.1, 0.15) is 12.3 Å². The average Bonchev–Trinajstić information content (AvgIpc) is 3.04. The van der Waals surface area contributed by atoms with Crippen LogP contribution in [0.15, 0.2) is 34.9 Å². The number of aliphatic carboxylic acids is 1. The lowest BCUT2D eigenvalue weighted by Crippen LogP contribution is -2.61. The molecule has 11 nitrogen and oxygen atoms in total. The van der Waals surface area contributed by atoms with Crippen molar-refractivity contribution < 1.29 is 34.3 Å². The zero-order valence-corrected chi connectivity index (χ0v) is 17.3. The van der Waals surface area contributed by atoms with Crippen LogP contribution in [0.1, 0.15) is 18.9 Å². The second kappa shape index (κ2) is 9.35. The SMILES string of the molecule is C[C@@H](O)C1C(=O)N2C(C(=O)O)=C(SCCNC(=O)OCc3ccc([N+](=O)[O-])cc3)CC12. The number of nitrogens with one attached hydrogen (secondary N) is 1. The number of hydrogen-bond donors (Lipinski definition) is 3. The first-order valence-electron chi connectivity index (χ1n) is 9.45. The van der Waals surface area contributed by atoms with Crippen molar-refractivity contribution in [1.82, 2.24) is 10.2 Å². The third-order valence-corrected chi connectivity index (χ3v) is 6.17. The van der Waals surface area contributed by atoms with Gasteiger partial charge >= 0.3 is 12.1 Å². The Labute approximate surface area is 181 Å². The second-order valence-electron chi connectivity index (χ2n) is 7.10. The number of benzene rings is 1. The highest BCUT2D eigenvalue weighted by molar-refractivity contribution is 8.03. The molecule has 0 radical (unpaired) electrons. The summed E-state index contributed by atoms with van der Waals surface area (Å²) in [6.07, 6.45) is -1.16. The van der Waals surface area contributed by atoms with Gasteiger partial charge in [0.05, 0.1) is 23.0 Å². The maximum absolute atomic E-state index is 12.2. The number of aliphatic hydroxyl groups excluding tert-OH is 1. The maximum atomic E-state index is 12.2. The van der Waals surface area contributed by atoms with E-state index < -0.39 is 29.0 Å². The normalized spacial score (nSPS) is 20.7. The molecule has 1 aromatic rings. The van der Waals surface area contributed by atoms with Crippen LogP contribution in [-0.4, -0.2) is 62.4 Å². The Balaban J connectivity index is 1.44. The molecule has 1 saturated heterocycles. The number of rotatable bonds is 9. The van der Waals surface area contributed by atoms with Gasteiger partial charge in [0, 0.05) is 35.8 Å². The molecule has 0 spiro atoms. The number of hydrogen-bond acceptors (Lipinski definition) is 8. The van der Waals surface area contributed by atoms with Crippen molar-refractivity contribution in [2.75, 3.05) is 12.3 Å². The molecule has 0 bridgehead atoms. The number of nitrogens with zero attached hydrogens (tertiary/aromatic N) is 2. The molecule has 0 saturated carbocycles. The summed E-state index contributed by atoms with van der Waals surface area (Å²) in [6.45, 7) is 1.67. The highest BCUT2D eigenvalue weighted by atomic mass is 32.2. The standard InChI is InChI=1S/C19H21N3O8S/c1-10(23)15-13-8-14(16(18(25)26)21(13)17(15)24)31-7-6-20-19(27)30-9-11-2-4-12(5-3-11)22(28)29/h2-5,10,13,15,23H,6-9H2,1H3,(H,20,27)(H,25,26)/t10-,13?,15?/m1/s1. The van der Waals surface area contributed by atoms with Crippen LogP contribution in [0.25, 0.3) is 0 Å². The first-order chi connectivity index (χ1) is 14.7. The van der Waals surface area contributed by atoms with E-state index in [1.54, 1.807) is 0 Å².